The molecule has 3 nitrogen and oxygen atoms in total. The van der Waals surface area contributed by atoms with E-state index in [4.69, 9.17) is 15.1 Å². The van der Waals surface area contributed by atoms with E-state index in [-0.39, 0.29) is 12.2 Å². The molecule has 3 unspecified atom stereocenters. The largest absolute Gasteiger partial charge is 0.391 e. The smallest absolute Gasteiger partial charge is 0.144 e. The van der Waals surface area contributed by atoms with Crippen molar-refractivity contribution in [3.63, 3.8) is 0 Å². The number of nitriles is 1. The van der Waals surface area contributed by atoms with Crippen LogP contribution in [0.4, 0.5) is 0 Å². The number of nitrogens with zero attached hydrogens (tertiary/aromatic N) is 1. The highest BCUT2D eigenvalue weighted by Gasteiger charge is 2.15. The van der Waals surface area contributed by atoms with Crippen LogP contribution in [0.25, 0.3) is 0 Å². The van der Waals surface area contributed by atoms with E-state index in [0.717, 1.165) is 19.3 Å². The summed E-state index contributed by atoms with van der Waals surface area (Å²) in [4.78, 5) is 0. The third-order valence-electron chi connectivity index (χ3n) is 2.02. The van der Waals surface area contributed by atoms with Crippen LogP contribution in [0.15, 0.2) is 0 Å². The molecule has 0 spiro atoms. The molecule has 0 fully saturated rings. The first-order valence-electron chi connectivity index (χ1n) is 4.85. The Morgan fingerprint density at radius 3 is 2.46 bits per heavy atom. The Hall–Kier alpha value is -0.590. The van der Waals surface area contributed by atoms with Gasteiger partial charge in [0.1, 0.15) is 6.10 Å². The maximum Gasteiger partial charge on any atom is 0.144 e. The molecule has 0 bridgehead atoms. The summed E-state index contributed by atoms with van der Waals surface area (Å²) in [6.07, 6.45) is 1.66. The Labute approximate surface area is 80.3 Å². The zero-order valence-corrected chi connectivity index (χ0v) is 8.66. The molecule has 0 aromatic heterocycles. The van der Waals surface area contributed by atoms with E-state index in [0.29, 0.717) is 0 Å². The summed E-state index contributed by atoms with van der Waals surface area (Å²) in [6.45, 7) is 5.52. The van der Waals surface area contributed by atoms with Crippen molar-refractivity contribution in [1.82, 2.24) is 0 Å². The Bertz CT molecular complexity index is 163. The first-order chi connectivity index (χ1) is 6.11. The van der Waals surface area contributed by atoms with Gasteiger partial charge in [0, 0.05) is 0 Å². The summed E-state index contributed by atoms with van der Waals surface area (Å²) < 4.78 is 5.35. The molecule has 0 aromatic rings. The minimum absolute atomic E-state index is 0.262. The van der Waals surface area contributed by atoms with E-state index in [1.54, 1.807) is 13.8 Å². The third-order valence-corrected chi connectivity index (χ3v) is 2.02. The molecule has 13 heavy (non-hydrogen) atoms. The van der Waals surface area contributed by atoms with Crippen LogP contribution in [0.3, 0.4) is 0 Å². The van der Waals surface area contributed by atoms with Gasteiger partial charge >= 0.3 is 0 Å². The zero-order chi connectivity index (χ0) is 10.3. The van der Waals surface area contributed by atoms with Gasteiger partial charge in [-0.3, -0.25) is 0 Å². The van der Waals surface area contributed by atoms with Gasteiger partial charge in [-0.2, -0.15) is 5.26 Å². The third kappa shape index (κ3) is 5.62. The van der Waals surface area contributed by atoms with Crippen molar-refractivity contribution in [2.45, 2.75) is 58.3 Å². The fraction of sp³-hybridized carbons (Fsp3) is 0.900. The van der Waals surface area contributed by atoms with Gasteiger partial charge < -0.3 is 9.84 Å². The molecule has 0 saturated carbocycles. The number of aliphatic hydroxyl groups is 1. The van der Waals surface area contributed by atoms with Crippen molar-refractivity contribution in [2.75, 3.05) is 0 Å². The standard InChI is InChI=1S/C10H19NO2/c1-4-5-6-10(7-11)13-9(3)8(2)12/h8-10,12H,4-6H2,1-3H3. The molecule has 0 amide bonds. The van der Waals surface area contributed by atoms with E-state index in [1.165, 1.54) is 0 Å². The summed E-state index contributed by atoms with van der Waals surface area (Å²) in [5, 5.41) is 17.9. The van der Waals surface area contributed by atoms with Gasteiger partial charge in [0.15, 0.2) is 0 Å². The normalized spacial score (nSPS) is 17.5. The van der Waals surface area contributed by atoms with Crippen LogP contribution in [0, 0.1) is 11.3 Å². The van der Waals surface area contributed by atoms with E-state index < -0.39 is 6.10 Å². The number of hydrogen-bond donors (Lipinski definition) is 1. The maximum atomic E-state index is 9.16. The molecule has 0 aliphatic heterocycles. The maximum absolute atomic E-state index is 9.16. The second-order valence-electron chi connectivity index (χ2n) is 3.34. The Morgan fingerprint density at radius 2 is 2.08 bits per heavy atom. The predicted molar refractivity (Wildman–Crippen MR) is 51.2 cm³/mol. The molecule has 3 atom stereocenters. The average Bonchev–Trinajstić information content (AvgIpc) is 2.11. The van der Waals surface area contributed by atoms with Crippen molar-refractivity contribution in [2.24, 2.45) is 0 Å². The second kappa shape index (κ2) is 6.88. The first kappa shape index (κ1) is 12.4. The molecule has 1 N–H and O–H groups in total. The van der Waals surface area contributed by atoms with Gasteiger partial charge in [-0.1, -0.05) is 19.8 Å². The Kier molecular flexibility index (Phi) is 6.56. The molecule has 0 radical (unpaired) electrons. The monoisotopic (exact) mass is 185 g/mol. The van der Waals surface area contributed by atoms with Gasteiger partial charge in [0.05, 0.1) is 18.3 Å². The summed E-state index contributed by atoms with van der Waals surface area (Å²) in [5.74, 6) is 0. The highest BCUT2D eigenvalue weighted by Crippen LogP contribution is 2.08. The highest BCUT2D eigenvalue weighted by molar-refractivity contribution is 4.84. The minimum atomic E-state index is -0.516. The van der Waals surface area contributed by atoms with E-state index in [2.05, 4.69) is 13.0 Å². The lowest BCUT2D eigenvalue weighted by molar-refractivity contribution is -0.0441. The molecule has 0 aliphatic carbocycles. The molecule has 0 heterocycles. The topological polar surface area (TPSA) is 53.2 Å². The van der Waals surface area contributed by atoms with Crippen molar-refractivity contribution in [3.8, 4) is 6.07 Å². The van der Waals surface area contributed by atoms with Crippen LogP contribution in [0.1, 0.15) is 40.0 Å². The number of hydrogen-bond acceptors (Lipinski definition) is 3. The van der Waals surface area contributed by atoms with E-state index >= 15 is 0 Å². The van der Waals surface area contributed by atoms with Crippen LogP contribution in [-0.4, -0.2) is 23.4 Å². The molecule has 0 saturated heterocycles. The fourth-order valence-corrected chi connectivity index (χ4v) is 0.925. The number of unbranched alkanes of at least 4 members (excludes halogenated alkanes) is 1. The van der Waals surface area contributed by atoms with Crippen LogP contribution in [-0.2, 0) is 4.74 Å². The molecule has 3 heteroatoms. The number of ether oxygens (including phenoxy) is 1. The van der Waals surface area contributed by atoms with E-state index in [1.807, 2.05) is 0 Å². The Balaban J connectivity index is 3.78. The number of aliphatic hydroxyl groups excluding tert-OH is 1. The SMILES string of the molecule is CCCCC(C#N)OC(C)C(C)O. The van der Waals surface area contributed by atoms with Crippen LogP contribution >= 0.6 is 0 Å². The van der Waals surface area contributed by atoms with Crippen LogP contribution < -0.4 is 0 Å². The highest BCUT2D eigenvalue weighted by atomic mass is 16.5. The molecular weight excluding hydrogens is 166 g/mol. The van der Waals surface area contributed by atoms with Crippen LogP contribution in [0.2, 0.25) is 0 Å². The van der Waals surface area contributed by atoms with Crippen molar-refractivity contribution >= 4 is 0 Å². The van der Waals surface area contributed by atoms with Gasteiger partial charge in [-0.25, -0.2) is 0 Å². The van der Waals surface area contributed by atoms with Crippen molar-refractivity contribution < 1.29 is 9.84 Å². The fourth-order valence-electron chi connectivity index (χ4n) is 0.925. The molecule has 0 aromatic carbocycles. The summed E-state index contributed by atoms with van der Waals surface area (Å²) >= 11 is 0. The predicted octanol–water partition coefficient (Wildman–Crippen LogP) is 1.85. The second-order valence-corrected chi connectivity index (χ2v) is 3.34. The lowest BCUT2D eigenvalue weighted by Crippen LogP contribution is -2.27. The van der Waals surface area contributed by atoms with Crippen molar-refractivity contribution in [1.29, 1.82) is 5.26 Å². The zero-order valence-electron chi connectivity index (χ0n) is 8.66. The minimum Gasteiger partial charge on any atom is -0.391 e. The lowest BCUT2D eigenvalue weighted by Gasteiger charge is -2.19. The van der Waals surface area contributed by atoms with Crippen LogP contribution in [0.5, 0.6) is 0 Å². The van der Waals surface area contributed by atoms with Gasteiger partial charge in [-0.15, -0.1) is 0 Å². The summed E-state index contributed by atoms with van der Waals surface area (Å²) in [6, 6.07) is 2.09. The van der Waals surface area contributed by atoms with Gasteiger partial charge in [-0.05, 0) is 20.3 Å². The molecular formula is C10H19NO2. The van der Waals surface area contributed by atoms with E-state index in [9.17, 15) is 0 Å². The van der Waals surface area contributed by atoms with Crippen molar-refractivity contribution in [3.05, 3.63) is 0 Å². The molecule has 0 rings (SSSR count). The molecule has 76 valence electrons. The number of rotatable bonds is 6. The average molecular weight is 185 g/mol. The molecule has 0 aliphatic rings. The Morgan fingerprint density at radius 1 is 1.46 bits per heavy atom. The quantitative estimate of drug-likeness (QED) is 0.687. The summed E-state index contributed by atoms with van der Waals surface area (Å²) in [5.41, 5.74) is 0. The lowest BCUT2D eigenvalue weighted by atomic mass is 10.1. The first-order valence-corrected chi connectivity index (χ1v) is 4.85. The summed E-state index contributed by atoms with van der Waals surface area (Å²) in [7, 11) is 0. The van der Waals surface area contributed by atoms with Gasteiger partial charge in [0.25, 0.3) is 0 Å². The van der Waals surface area contributed by atoms with Gasteiger partial charge in [0.2, 0.25) is 0 Å².